The molecule has 1 aromatic heterocycles. The van der Waals surface area contributed by atoms with E-state index < -0.39 is 5.97 Å². The molecule has 1 heterocycles. The van der Waals surface area contributed by atoms with Gasteiger partial charge in [0, 0.05) is 29.8 Å². The topological polar surface area (TPSA) is 89.0 Å². The largest absolute Gasteiger partial charge is 0.493 e. The van der Waals surface area contributed by atoms with Crippen LogP contribution in [-0.2, 0) is 33.8 Å². The third-order valence-corrected chi connectivity index (χ3v) is 7.57. The first-order valence-electron chi connectivity index (χ1n) is 13.8. The van der Waals surface area contributed by atoms with Gasteiger partial charge in [-0.25, -0.2) is 4.98 Å². The lowest BCUT2D eigenvalue weighted by molar-refractivity contribution is -0.192. The minimum absolute atomic E-state index is 0.0202. The van der Waals surface area contributed by atoms with Crippen LogP contribution in [0.2, 0.25) is 0 Å². The van der Waals surface area contributed by atoms with Crippen LogP contribution >= 0.6 is 11.3 Å². The molecule has 3 aromatic carbocycles. The summed E-state index contributed by atoms with van der Waals surface area (Å²) in [7, 11) is 0. The number of nitrogens with zero attached hydrogens (tertiary/aromatic N) is 2. The Bertz CT molecular complexity index is 1430. The summed E-state index contributed by atoms with van der Waals surface area (Å²) >= 11 is 1.68. The molecule has 0 spiro atoms. The Hall–Kier alpha value is -3.85. The summed E-state index contributed by atoms with van der Waals surface area (Å²) in [6, 6.07) is 24.5. The van der Waals surface area contributed by atoms with E-state index in [1.807, 2.05) is 50.2 Å². The van der Waals surface area contributed by atoms with E-state index >= 15 is 0 Å². The van der Waals surface area contributed by atoms with Crippen molar-refractivity contribution in [2.75, 3.05) is 13.2 Å². The van der Waals surface area contributed by atoms with Crippen molar-refractivity contribution in [1.82, 2.24) is 10.0 Å². The van der Waals surface area contributed by atoms with Gasteiger partial charge in [-0.1, -0.05) is 60.7 Å². The van der Waals surface area contributed by atoms with Crippen molar-refractivity contribution in [3.05, 3.63) is 94.5 Å². The first kappa shape index (κ1) is 30.1. The van der Waals surface area contributed by atoms with Gasteiger partial charge in [0.05, 0.1) is 24.9 Å². The van der Waals surface area contributed by atoms with Gasteiger partial charge in [0.1, 0.15) is 17.0 Å². The molecule has 0 saturated heterocycles. The van der Waals surface area contributed by atoms with Crippen molar-refractivity contribution in [2.24, 2.45) is 0 Å². The van der Waals surface area contributed by atoms with Crippen LogP contribution in [0.25, 0.3) is 21.7 Å². The number of rotatable bonds is 15. The van der Waals surface area contributed by atoms with Crippen molar-refractivity contribution < 1.29 is 24.3 Å². The normalized spacial score (nSPS) is 11.2. The lowest BCUT2D eigenvalue weighted by Gasteiger charge is -2.23. The van der Waals surface area contributed by atoms with E-state index in [-0.39, 0.29) is 19.1 Å². The molecule has 0 aliphatic rings. The van der Waals surface area contributed by atoms with Crippen LogP contribution in [0.1, 0.15) is 42.0 Å². The van der Waals surface area contributed by atoms with Gasteiger partial charge in [-0.3, -0.25) is 9.63 Å². The second-order valence-corrected chi connectivity index (χ2v) is 11.2. The van der Waals surface area contributed by atoms with Crippen LogP contribution in [0.5, 0.6) is 5.75 Å². The molecule has 8 heteroatoms. The van der Waals surface area contributed by atoms with Gasteiger partial charge in [0.25, 0.3) is 0 Å². The fourth-order valence-electron chi connectivity index (χ4n) is 4.53. The van der Waals surface area contributed by atoms with Gasteiger partial charge in [0.2, 0.25) is 0 Å². The van der Waals surface area contributed by atoms with E-state index in [2.05, 4.69) is 43.3 Å². The zero-order chi connectivity index (χ0) is 29.2. The zero-order valence-corrected chi connectivity index (χ0v) is 24.5. The second-order valence-electron chi connectivity index (χ2n) is 10.0. The predicted octanol–water partition coefficient (Wildman–Crippen LogP) is 6.77. The molecular weight excluding hydrogens is 536 g/mol. The molecule has 0 radical (unpaired) electrons. The van der Waals surface area contributed by atoms with Gasteiger partial charge < -0.3 is 14.6 Å². The Morgan fingerprint density at radius 3 is 2.37 bits per heavy atom. The highest BCUT2D eigenvalue weighted by molar-refractivity contribution is 7.15. The molecule has 4 rings (SSSR count). The van der Waals surface area contributed by atoms with Crippen LogP contribution in [0.15, 0.2) is 72.8 Å². The number of carbonyl (C=O) groups excluding carboxylic acids is 1. The number of thiazole rings is 1. The molecule has 0 amide bonds. The highest BCUT2D eigenvalue weighted by Crippen LogP contribution is 2.30. The average molecular weight is 573 g/mol. The Morgan fingerprint density at radius 1 is 0.976 bits per heavy atom. The fraction of sp³-hybridized carbons (Fsp3) is 0.303. The quantitative estimate of drug-likeness (QED) is 0.124. The maximum atomic E-state index is 11.2. The molecule has 0 aliphatic heterocycles. The number of hydrogen-bond donors (Lipinski definition) is 1. The Kier molecular flexibility index (Phi) is 10.8. The van der Waals surface area contributed by atoms with Crippen molar-refractivity contribution in [3.8, 4) is 27.4 Å². The standard InChI is InChI=1S/C33H36N2O5S/c1-23(2)40-35(18-19-36)22-29-21-30(15-13-27(29)14-16-32(37)38)39-20-17-31-24(3)41-33(34-31)28-11-9-26(10-12-28)25-7-5-4-6-8-25/h4-13,15,19,21,23H,14,16-18,20,22H2,1-3H3,(H,37,38). The van der Waals surface area contributed by atoms with Crippen LogP contribution in [0.4, 0.5) is 0 Å². The molecule has 0 fully saturated rings. The molecule has 0 bridgehead atoms. The number of hydroxylamine groups is 2. The number of ether oxygens (including phenoxy) is 1. The second kappa shape index (κ2) is 14.7. The predicted molar refractivity (Wildman–Crippen MR) is 162 cm³/mol. The van der Waals surface area contributed by atoms with Crippen LogP contribution < -0.4 is 4.74 Å². The van der Waals surface area contributed by atoms with E-state index in [1.165, 1.54) is 11.1 Å². The van der Waals surface area contributed by atoms with Gasteiger partial charge in [-0.2, -0.15) is 5.06 Å². The Balaban J connectivity index is 1.42. The maximum absolute atomic E-state index is 11.2. The summed E-state index contributed by atoms with van der Waals surface area (Å²) in [4.78, 5) is 34.2. The summed E-state index contributed by atoms with van der Waals surface area (Å²) in [6.45, 7) is 6.79. The van der Waals surface area contributed by atoms with Gasteiger partial charge >= 0.3 is 5.97 Å². The summed E-state index contributed by atoms with van der Waals surface area (Å²) < 4.78 is 6.11. The highest BCUT2D eigenvalue weighted by Gasteiger charge is 2.15. The molecule has 214 valence electrons. The van der Waals surface area contributed by atoms with Gasteiger partial charge in [0.15, 0.2) is 0 Å². The molecule has 7 nitrogen and oxygen atoms in total. The van der Waals surface area contributed by atoms with Crippen molar-refractivity contribution >= 4 is 23.6 Å². The summed E-state index contributed by atoms with van der Waals surface area (Å²) in [5.41, 5.74) is 6.23. The lowest BCUT2D eigenvalue weighted by atomic mass is 10.0. The molecule has 1 N–H and O–H groups in total. The molecule has 0 saturated carbocycles. The number of carbonyl (C=O) groups is 2. The number of aromatic nitrogens is 1. The molecule has 0 unspecified atom stereocenters. The van der Waals surface area contributed by atoms with Gasteiger partial charge in [-0.05, 0) is 61.6 Å². The third-order valence-electron chi connectivity index (χ3n) is 6.51. The molecule has 0 aliphatic carbocycles. The van der Waals surface area contributed by atoms with E-state index in [9.17, 15) is 14.7 Å². The number of aliphatic carboxylic acids is 1. The van der Waals surface area contributed by atoms with E-state index in [0.29, 0.717) is 31.7 Å². The number of carboxylic acids is 1. The first-order valence-corrected chi connectivity index (χ1v) is 14.6. The monoisotopic (exact) mass is 572 g/mol. The summed E-state index contributed by atoms with van der Waals surface area (Å²) in [6.07, 6.45) is 1.77. The zero-order valence-electron chi connectivity index (χ0n) is 23.7. The minimum atomic E-state index is -0.857. The third kappa shape index (κ3) is 8.82. The number of aryl methyl sites for hydroxylation is 2. The smallest absolute Gasteiger partial charge is 0.303 e. The SMILES string of the molecule is Cc1sc(-c2ccc(-c3ccccc3)cc2)nc1CCOc1ccc(CCC(=O)O)c(CN(CC=O)OC(C)C)c1. The number of hydrogen-bond acceptors (Lipinski definition) is 7. The van der Waals surface area contributed by atoms with Gasteiger partial charge in [-0.15, -0.1) is 11.3 Å². The van der Waals surface area contributed by atoms with Crippen LogP contribution in [0.3, 0.4) is 0 Å². The first-order chi connectivity index (χ1) is 19.8. The number of carboxylic acid groups (broad SMARTS) is 1. The van der Waals surface area contributed by atoms with Crippen LogP contribution in [-0.4, -0.2) is 46.7 Å². The van der Waals surface area contributed by atoms with E-state index in [4.69, 9.17) is 14.6 Å². The molecule has 4 aromatic rings. The highest BCUT2D eigenvalue weighted by atomic mass is 32.1. The van der Waals surface area contributed by atoms with Crippen molar-refractivity contribution in [2.45, 2.75) is 52.7 Å². The lowest BCUT2D eigenvalue weighted by Crippen LogP contribution is -2.29. The molecule has 41 heavy (non-hydrogen) atoms. The maximum Gasteiger partial charge on any atom is 0.303 e. The molecular formula is C33H36N2O5S. The molecule has 0 atom stereocenters. The number of aldehydes is 1. The number of benzene rings is 3. The minimum Gasteiger partial charge on any atom is -0.493 e. The van der Waals surface area contributed by atoms with E-state index in [1.54, 1.807) is 16.4 Å². The van der Waals surface area contributed by atoms with Crippen LogP contribution in [0, 0.1) is 6.92 Å². The Labute approximate surface area is 245 Å². The van der Waals surface area contributed by atoms with E-state index in [0.717, 1.165) is 38.6 Å². The Morgan fingerprint density at radius 2 is 1.68 bits per heavy atom. The summed E-state index contributed by atoms with van der Waals surface area (Å²) in [5, 5.41) is 11.8. The average Bonchev–Trinajstić information content (AvgIpc) is 3.33. The van der Waals surface area contributed by atoms with Crippen molar-refractivity contribution in [3.63, 3.8) is 0 Å². The fourth-order valence-corrected chi connectivity index (χ4v) is 5.49. The van der Waals surface area contributed by atoms with Crippen molar-refractivity contribution in [1.29, 1.82) is 0 Å². The summed E-state index contributed by atoms with van der Waals surface area (Å²) in [5.74, 6) is -0.177.